The Morgan fingerprint density at radius 3 is 2.41 bits per heavy atom. The summed E-state index contributed by atoms with van der Waals surface area (Å²) in [7, 11) is 0. The van der Waals surface area contributed by atoms with Crippen LogP contribution in [0, 0.1) is 5.92 Å². The van der Waals surface area contributed by atoms with E-state index in [0.717, 1.165) is 31.4 Å². The maximum absolute atomic E-state index is 6.05. The molecule has 0 aromatic heterocycles. The lowest BCUT2D eigenvalue weighted by molar-refractivity contribution is -0.0943. The summed E-state index contributed by atoms with van der Waals surface area (Å²) in [4.78, 5) is 0. The lowest BCUT2D eigenvalue weighted by Gasteiger charge is -2.41. The van der Waals surface area contributed by atoms with Crippen LogP contribution in [0.2, 0.25) is 0 Å². The topological polar surface area (TPSA) is 21.3 Å². The first-order valence-electron chi connectivity index (χ1n) is 7.63. The molecule has 17 heavy (non-hydrogen) atoms. The van der Waals surface area contributed by atoms with Gasteiger partial charge >= 0.3 is 0 Å². The van der Waals surface area contributed by atoms with Crippen LogP contribution in [0.3, 0.4) is 0 Å². The molecule has 1 saturated carbocycles. The van der Waals surface area contributed by atoms with Gasteiger partial charge in [0.15, 0.2) is 0 Å². The molecular formula is C15H29NO. The van der Waals surface area contributed by atoms with Gasteiger partial charge in [0, 0.05) is 18.7 Å². The van der Waals surface area contributed by atoms with E-state index >= 15 is 0 Å². The minimum atomic E-state index is 0.164. The highest BCUT2D eigenvalue weighted by Crippen LogP contribution is 2.36. The van der Waals surface area contributed by atoms with Crippen molar-refractivity contribution in [2.45, 2.75) is 83.4 Å². The average molecular weight is 239 g/mol. The molecule has 1 aliphatic heterocycles. The van der Waals surface area contributed by atoms with Crippen molar-refractivity contribution in [3.63, 3.8) is 0 Å². The van der Waals surface area contributed by atoms with Gasteiger partial charge in [-0.1, -0.05) is 20.8 Å². The van der Waals surface area contributed by atoms with Crippen molar-refractivity contribution in [3.8, 4) is 0 Å². The van der Waals surface area contributed by atoms with Gasteiger partial charge < -0.3 is 10.1 Å². The number of rotatable bonds is 6. The summed E-state index contributed by atoms with van der Waals surface area (Å²) in [6.07, 6.45) is 8.90. The average Bonchev–Trinajstić information content (AvgIpc) is 3.20. The number of hydrogen-bond donors (Lipinski definition) is 1. The molecule has 1 aliphatic carbocycles. The van der Waals surface area contributed by atoms with Crippen molar-refractivity contribution in [3.05, 3.63) is 0 Å². The molecule has 2 aliphatic rings. The highest BCUT2D eigenvalue weighted by Gasteiger charge is 2.37. The third-order valence-electron chi connectivity index (χ3n) is 4.86. The molecule has 1 saturated heterocycles. The monoisotopic (exact) mass is 239 g/mol. The van der Waals surface area contributed by atoms with Gasteiger partial charge in [0.05, 0.1) is 5.60 Å². The van der Waals surface area contributed by atoms with E-state index in [2.05, 4.69) is 26.1 Å². The van der Waals surface area contributed by atoms with Gasteiger partial charge in [0.25, 0.3) is 0 Å². The van der Waals surface area contributed by atoms with Gasteiger partial charge in [-0.3, -0.25) is 0 Å². The normalized spacial score (nSPS) is 30.2. The molecule has 2 unspecified atom stereocenters. The second-order valence-corrected chi connectivity index (χ2v) is 5.95. The second-order valence-electron chi connectivity index (χ2n) is 5.95. The first kappa shape index (κ1) is 13.4. The molecule has 0 spiro atoms. The summed E-state index contributed by atoms with van der Waals surface area (Å²) in [5.74, 6) is 0.973. The Balaban J connectivity index is 1.87. The predicted octanol–water partition coefficient (Wildman–Crippen LogP) is 3.50. The molecule has 100 valence electrons. The van der Waals surface area contributed by atoms with Gasteiger partial charge in [0.2, 0.25) is 0 Å². The highest BCUT2D eigenvalue weighted by atomic mass is 16.5. The third-order valence-corrected chi connectivity index (χ3v) is 4.86. The molecule has 2 nitrogen and oxygen atoms in total. The second kappa shape index (κ2) is 5.71. The SMILES string of the molecule is CCC(NC1CCOC(CC)(CC)C1)C1CC1. The Labute approximate surface area is 107 Å². The van der Waals surface area contributed by atoms with Crippen molar-refractivity contribution < 1.29 is 4.74 Å². The molecule has 1 N–H and O–H groups in total. The zero-order valence-corrected chi connectivity index (χ0v) is 11.8. The summed E-state index contributed by atoms with van der Waals surface area (Å²) >= 11 is 0. The minimum absolute atomic E-state index is 0.164. The van der Waals surface area contributed by atoms with Crippen LogP contribution in [0.5, 0.6) is 0 Å². The largest absolute Gasteiger partial charge is 0.375 e. The fourth-order valence-corrected chi connectivity index (χ4v) is 3.30. The standard InChI is InChI=1S/C15H29NO/c1-4-14(12-7-8-12)16-13-9-10-17-15(5-2,6-3)11-13/h12-14,16H,4-11H2,1-3H3. The van der Waals surface area contributed by atoms with Crippen LogP contribution < -0.4 is 5.32 Å². The lowest BCUT2D eigenvalue weighted by atomic mass is 9.85. The number of hydrogen-bond acceptors (Lipinski definition) is 2. The van der Waals surface area contributed by atoms with Crippen LogP contribution in [0.15, 0.2) is 0 Å². The Morgan fingerprint density at radius 1 is 1.18 bits per heavy atom. The molecule has 0 aromatic carbocycles. The summed E-state index contributed by atoms with van der Waals surface area (Å²) in [5.41, 5.74) is 0.164. The van der Waals surface area contributed by atoms with Crippen molar-refractivity contribution in [2.24, 2.45) is 5.92 Å². The Kier molecular flexibility index (Phi) is 4.48. The predicted molar refractivity (Wildman–Crippen MR) is 72.2 cm³/mol. The summed E-state index contributed by atoms with van der Waals surface area (Å²) in [6, 6.07) is 1.46. The van der Waals surface area contributed by atoms with Crippen LogP contribution in [0.4, 0.5) is 0 Å². The number of ether oxygens (including phenoxy) is 1. The Hall–Kier alpha value is -0.0800. The van der Waals surface area contributed by atoms with Gasteiger partial charge in [-0.05, 0) is 50.9 Å². The summed E-state index contributed by atoms with van der Waals surface area (Å²) < 4.78 is 6.05. The molecule has 1 heterocycles. The summed E-state index contributed by atoms with van der Waals surface area (Å²) in [6.45, 7) is 7.80. The van der Waals surface area contributed by atoms with Crippen LogP contribution in [0.1, 0.15) is 65.7 Å². The van der Waals surface area contributed by atoms with E-state index in [1.165, 1.54) is 32.1 Å². The zero-order chi connectivity index (χ0) is 12.3. The van der Waals surface area contributed by atoms with Gasteiger partial charge in [-0.15, -0.1) is 0 Å². The maximum atomic E-state index is 6.05. The van der Waals surface area contributed by atoms with E-state index < -0.39 is 0 Å². The van der Waals surface area contributed by atoms with E-state index in [9.17, 15) is 0 Å². The van der Waals surface area contributed by atoms with Gasteiger partial charge in [-0.25, -0.2) is 0 Å². The molecule has 2 fully saturated rings. The maximum Gasteiger partial charge on any atom is 0.0692 e. The fourth-order valence-electron chi connectivity index (χ4n) is 3.30. The molecule has 0 aromatic rings. The van der Waals surface area contributed by atoms with Crippen LogP contribution in [-0.2, 0) is 4.74 Å². The number of nitrogens with one attached hydrogen (secondary N) is 1. The molecular weight excluding hydrogens is 210 g/mol. The molecule has 0 bridgehead atoms. The fraction of sp³-hybridized carbons (Fsp3) is 1.00. The lowest BCUT2D eigenvalue weighted by Crippen LogP contribution is -2.49. The van der Waals surface area contributed by atoms with Crippen molar-refractivity contribution in [1.29, 1.82) is 0 Å². The highest BCUT2D eigenvalue weighted by molar-refractivity contribution is 4.92. The first-order chi connectivity index (χ1) is 8.23. The zero-order valence-electron chi connectivity index (χ0n) is 11.8. The molecule has 2 atom stereocenters. The van der Waals surface area contributed by atoms with E-state index in [1.54, 1.807) is 0 Å². The van der Waals surface area contributed by atoms with E-state index in [4.69, 9.17) is 4.74 Å². The van der Waals surface area contributed by atoms with Crippen LogP contribution in [0.25, 0.3) is 0 Å². The van der Waals surface area contributed by atoms with Crippen LogP contribution in [-0.4, -0.2) is 24.3 Å². The smallest absolute Gasteiger partial charge is 0.0692 e. The molecule has 0 amide bonds. The van der Waals surface area contributed by atoms with Crippen molar-refractivity contribution in [2.75, 3.05) is 6.61 Å². The first-order valence-corrected chi connectivity index (χ1v) is 7.63. The Morgan fingerprint density at radius 2 is 1.88 bits per heavy atom. The van der Waals surface area contributed by atoms with Gasteiger partial charge in [-0.2, -0.15) is 0 Å². The quantitative estimate of drug-likeness (QED) is 0.766. The molecule has 0 radical (unpaired) electrons. The molecule has 2 rings (SSSR count). The van der Waals surface area contributed by atoms with Gasteiger partial charge in [0.1, 0.15) is 0 Å². The van der Waals surface area contributed by atoms with Crippen LogP contribution >= 0.6 is 0 Å². The Bertz CT molecular complexity index is 233. The molecule has 2 heteroatoms. The van der Waals surface area contributed by atoms with E-state index in [1.807, 2.05) is 0 Å². The third kappa shape index (κ3) is 3.23. The van der Waals surface area contributed by atoms with E-state index in [0.29, 0.717) is 6.04 Å². The van der Waals surface area contributed by atoms with Crippen molar-refractivity contribution in [1.82, 2.24) is 5.32 Å². The minimum Gasteiger partial charge on any atom is -0.375 e. The van der Waals surface area contributed by atoms with E-state index in [-0.39, 0.29) is 5.60 Å². The summed E-state index contributed by atoms with van der Waals surface area (Å²) in [5, 5.41) is 3.91. The van der Waals surface area contributed by atoms with Crippen molar-refractivity contribution >= 4 is 0 Å².